The molecule has 0 atom stereocenters. The van der Waals surface area contributed by atoms with Crippen LogP contribution < -0.4 is 15.8 Å². The zero-order chi connectivity index (χ0) is 17.6. The molecule has 0 spiro atoms. The van der Waals surface area contributed by atoms with Crippen LogP contribution in [-0.4, -0.2) is 26.5 Å². The summed E-state index contributed by atoms with van der Waals surface area (Å²) in [6, 6.07) is 7.07. The van der Waals surface area contributed by atoms with Gasteiger partial charge in [0.1, 0.15) is 0 Å². The number of benzene rings is 1. The summed E-state index contributed by atoms with van der Waals surface area (Å²) in [5.41, 5.74) is 6.77. The summed E-state index contributed by atoms with van der Waals surface area (Å²) in [5.74, 6) is 0.426. The minimum absolute atomic E-state index is 0.146. The van der Waals surface area contributed by atoms with Gasteiger partial charge in [-0.05, 0) is 44.4 Å². The monoisotopic (exact) mass is 352 g/mol. The summed E-state index contributed by atoms with van der Waals surface area (Å²) in [6.45, 7) is 3.95. The minimum Gasteiger partial charge on any atom is -0.370 e. The molecule has 7 heteroatoms. The van der Waals surface area contributed by atoms with Gasteiger partial charge in [0.2, 0.25) is 10.0 Å². The Balaban J connectivity index is 1.99. The molecule has 24 heavy (non-hydrogen) atoms. The van der Waals surface area contributed by atoms with Crippen molar-refractivity contribution in [2.24, 2.45) is 10.7 Å². The van der Waals surface area contributed by atoms with Gasteiger partial charge in [-0.15, -0.1) is 0 Å². The first-order valence-electron chi connectivity index (χ1n) is 8.54. The van der Waals surface area contributed by atoms with E-state index in [1.54, 1.807) is 32.0 Å². The smallest absolute Gasteiger partial charge is 0.240 e. The molecule has 0 unspecified atom stereocenters. The van der Waals surface area contributed by atoms with E-state index in [0.29, 0.717) is 18.5 Å². The molecular formula is C17H28N4O2S. The standard InChI is InChI=1S/C17H28N4O2S/c1-13(2)21-24(22,23)16-10-6-7-14(11-16)12-19-17(18)20-15-8-4-3-5-9-15/h6-7,10-11,13,15,21H,3-5,8-9,12H2,1-2H3,(H3,18,19,20). The first-order chi connectivity index (χ1) is 11.4. The summed E-state index contributed by atoms with van der Waals surface area (Å²) in [5, 5.41) is 3.26. The van der Waals surface area contributed by atoms with Crippen LogP contribution in [0.4, 0.5) is 0 Å². The highest BCUT2D eigenvalue weighted by molar-refractivity contribution is 7.89. The molecule has 2 rings (SSSR count). The molecule has 4 N–H and O–H groups in total. The fraction of sp³-hybridized carbons (Fsp3) is 0.588. The lowest BCUT2D eigenvalue weighted by atomic mass is 9.96. The molecule has 0 heterocycles. The predicted molar refractivity (Wildman–Crippen MR) is 97.2 cm³/mol. The summed E-state index contributed by atoms with van der Waals surface area (Å²) in [6.07, 6.45) is 6.01. The fourth-order valence-corrected chi connectivity index (χ4v) is 4.19. The Morgan fingerprint density at radius 1 is 1.29 bits per heavy atom. The number of sulfonamides is 1. The molecule has 1 saturated carbocycles. The van der Waals surface area contributed by atoms with E-state index in [0.717, 1.165) is 18.4 Å². The Morgan fingerprint density at radius 3 is 2.67 bits per heavy atom. The number of hydrogen-bond acceptors (Lipinski definition) is 3. The SMILES string of the molecule is CC(C)NS(=O)(=O)c1cccc(CN=C(N)NC2CCCCC2)c1. The van der Waals surface area contributed by atoms with Crippen molar-refractivity contribution in [1.82, 2.24) is 10.0 Å². The molecule has 0 saturated heterocycles. The Bertz CT molecular complexity index is 665. The number of nitrogens with one attached hydrogen (secondary N) is 2. The van der Waals surface area contributed by atoms with Crippen LogP contribution in [-0.2, 0) is 16.6 Å². The summed E-state index contributed by atoms with van der Waals surface area (Å²) < 4.78 is 27.0. The van der Waals surface area contributed by atoms with Crippen molar-refractivity contribution in [1.29, 1.82) is 0 Å². The van der Waals surface area contributed by atoms with Crippen molar-refractivity contribution in [3.8, 4) is 0 Å². The number of guanidine groups is 1. The zero-order valence-electron chi connectivity index (χ0n) is 14.5. The molecular weight excluding hydrogens is 324 g/mol. The zero-order valence-corrected chi connectivity index (χ0v) is 15.3. The molecule has 1 fully saturated rings. The normalized spacial score (nSPS) is 17.2. The second kappa shape index (κ2) is 8.48. The van der Waals surface area contributed by atoms with Crippen LogP contribution in [0, 0.1) is 0 Å². The molecule has 134 valence electrons. The van der Waals surface area contributed by atoms with E-state index in [9.17, 15) is 8.42 Å². The second-order valence-electron chi connectivity index (χ2n) is 6.60. The van der Waals surface area contributed by atoms with Crippen molar-refractivity contribution in [2.75, 3.05) is 0 Å². The number of rotatable bonds is 6. The van der Waals surface area contributed by atoms with Gasteiger partial charge in [-0.2, -0.15) is 0 Å². The molecule has 1 aromatic rings. The van der Waals surface area contributed by atoms with Crippen molar-refractivity contribution in [3.05, 3.63) is 29.8 Å². The Hall–Kier alpha value is -1.60. The Kier molecular flexibility index (Phi) is 6.62. The maximum absolute atomic E-state index is 12.2. The summed E-state index contributed by atoms with van der Waals surface area (Å²) >= 11 is 0. The van der Waals surface area contributed by atoms with Crippen LogP contribution in [0.3, 0.4) is 0 Å². The fourth-order valence-electron chi connectivity index (χ4n) is 2.87. The van der Waals surface area contributed by atoms with Crippen LogP contribution in [0.25, 0.3) is 0 Å². The summed E-state index contributed by atoms with van der Waals surface area (Å²) in [4.78, 5) is 4.59. The number of nitrogens with two attached hydrogens (primary N) is 1. The summed E-state index contributed by atoms with van der Waals surface area (Å²) in [7, 11) is -3.49. The average molecular weight is 353 g/mol. The molecule has 1 aromatic carbocycles. The maximum atomic E-state index is 12.2. The Labute approximate surface area is 145 Å². The maximum Gasteiger partial charge on any atom is 0.240 e. The predicted octanol–water partition coefficient (Wildman–Crippen LogP) is 2.11. The van der Waals surface area contributed by atoms with Crippen LogP contribution in [0.5, 0.6) is 0 Å². The lowest BCUT2D eigenvalue weighted by Crippen LogP contribution is -2.41. The van der Waals surface area contributed by atoms with E-state index >= 15 is 0 Å². The van der Waals surface area contributed by atoms with E-state index in [1.165, 1.54) is 19.3 Å². The molecule has 0 aromatic heterocycles. The van der Waals surface area contributed by atoms with Gasteiger partial charge in [0, 0.05) is 12.1 Å². The third-order valence-corrected chi connectivity index (χ3v) is 5.64. The van der Waals surface area contributed by atoms with Crippen molar-refractivity contribution < 1.29 is 8.42 Å². The van der Waals surface area contributed by atoms with Gasteiger partial charge in [-0.3, -0.25) is 0 Å². The van der Waals surface area contributed by atoms with Crippen LogP contribution in [0.15, 0.2) is 34.2 Å². The van der Waals surface area contributed by atoms with Crippen molar-refractivity contribution in [3.63, 3.8) is 0 Å². The molecule has 1 aliphatic carbocycles. The largest absolute Gasteiger partial charge is 0.370 e. The average Bonchev–Trinajstić information content (AvgIpc) is 2.53. The third-order valence-electron chi connectivity index (χ3n) is 3.99. The first kappa shape index (κ1) is 18.7. The second-order valence-corrected chi connectivity index (χ2v) is 8.32. The quantitative estimate of drug-likeness (QED) is 0.539. The highest BCUT2D eigenvalue weighted by atomic mass is 32.2. The number of nitrogens with zero attached hydrogens (tertiary/aromatic N) is 1. The lowest BCUT2D eigenvalue weighted by Gasteiger charge is -2.23. The molecule has 0 aliphatic heterocycles. The van der Waals surface area contributed by atoms with Gasteiger partial charge in [0.15, 0.2) is 5.96 Å². The van der Waals surface area contributed by atoms with E-state index in [1.807, 2.05) is 6.07 Å². The van der Waals surface area contributed by atoms with Gasteiger partial charge in [0.25, 0.3) is 0 Å². The Morgan fingerprint density at radius 2 is 2.00 bits per heavy atom. The molecule has 0 radical (unpaired) electrons. The van der Waals surface area contributed by atoms with E-state index in [4.69, 9.17) is 5.73 Å². The van der Waals surface area contributed by atoms with E-state index in [-0.39, 0.29) is 10.9 Å². The minimum atomic E-state index is -3.49. The number of aliphatic imine (C=N–C) groups is 1. The van der Waals surface area contributed by atoms with E-state index in [2.05, 4.69) is 15.0 Å². The molecule has 0 amide bonds. The van der Waals surface area contributed by atoms with E-state index < -0.39 is 10.0 Å². The van der Waals surface area contributed by atoms with Gasteiger partial charge in [-0.25, -0.2) is 18.1 Å². The topological polar surface area (TPSA) is 96.6 Å². The van der Waals surface area contributed by atoms with Gasteiger partial charge < -0.3 is 11.1 Å². The van der Waals surface area contributed by atoms with Gasteiger partial charge in [0.05, 0.1) is 11.4 Å². The first-order valence-corrected chi connectivity index (χ1v) is 10.0. The van der Waals surface area contributed by atoms with Crippen molar-refractivity contribution >= 4 is 16.0 Å². The van der Waals surface area contributed by atoms with Gasteiger partial charge >= 0.3 is 0 Å². The van der Waals surface area contributed by atoms with Crippen LogP contribution in [0.1, 0.15) is 51.5 Å². The molecule has 6 nitrogen and oxygen atoms in total. The lowest BCUT2D eigenvalue weighted by molar-refractivity contribution is 0.412. The highest BCUT2D eigenvalue weighted by Gasteiger charge is 2.16. The van der Waals surface area contributed by atoms with Crippen LogP contribution >= 0.6 is 0 Å². The highest BCUT2D eigenvalue weighted by Crippen LogP contribution is 2.17. The molecule has 1 aliphatic rings. The van der Waals surface area contributed by atoms with Crippen LogP contribution in [0.2, 0.25) is 0 Å². The number of hydrogen-bond donors (Lipinski definition) is 3. The molecule has 0 bridgehead atoms. The third kappa shape index (κ3) is 5.79. The van der Waals surface area contributed by atoms with Crippen molar-refractivity contribution in [2.45, 2.75) is 69.5 Å². The van der Waals surface area contributed by atoms with Gasteiger partial charge in [-0.1, -0.05) is 31.4 Å².